The van der Waals surface area contributed by atoms with E-state index in [0.717, 1.165) is 17.7 Å². The Kier molecular flexibility index (Phi) is 9.33. The van der Waals surface area contributed by atoms with Gasteiger partial charge >= 0.3 is 0 Å². The lowest BCUT2D eigenvalue weighted by atomic mass is 10.1. The van der Waals surface area contributed by atoms with Crippen LogP contribution in [0, 0.1) is 0 Å². The second-order valence-corrected chi connectivity index (χ2v) is 4.07. The monoisotopic (exact) mass is 253 g/mol. The first-order valence-electron chi connectivity index (χ1n) is 6.49. The van der Waals surface area contributed by atoms with Crippen molar-refractivity contribution in [3.63, 3.8) is 0 Å². The topological polar surface area (TPSA) is 30.5 Å². The average Bonchev–Trinajstić information content (AvgIpc) is 2.39. The van der Waals surface area contributed by atoms with Gasteiger partial charge in [0.05, 0.1) is 6.54 Å². The Bertz CT molecular complexity index is 306. The normalized spacial score (nSPS) is 14.5. The van der Waals surface area contributed by atoms with Gasteiger partial charge in [0.1, 0.15) is 0 Å². The maximum Gasteiger partial charge on any atom is 0.174 e. The number of hydrogen-bond donors (Lipinski definition) is 1. The Morgan fingerprint density at radius 1 is 1.39 bits per heavy atom. The molecule has 0 aliphatic carbocycles. The van der Waals surface area contributed by atoms with Crippen LogP contribution >= 0.6 is 0 Å². The zero-order chi connectivity index (χ0) is 14.0. The number of hydrogen-bond acceptors (Lipinski definition) is 3. The molecule has 3 nitrogen and oxygen atoms in total. The molecule has 0 spiro atoms. The smallest absolute Gasteiger partial charge is 0.174 e. The maximum atomic E-state index is 5.40. The summed E-state index contributed by atoms with van der Waals surface area (Å²) in [5, 5.41) is 3.24. The first-order valence-corrected chi connectivity index (χ1v) is 6.49. The summed E-state index contributed by atoms with van der Waals surface area (Å²) in [5.74, 6) is 0. The summed E-state index contributed by atoms with van der Waals surface area (Å²) in [6, 6.07) is 0. The van der Waals surface area contributed by atoms with Gasteiger partial charge in [-0.05, 0) is 32.8 Å². The minimum atomic E-state index is -0.235. The molecule has 0 amide bonds. The molecule has 0 aromatic rings. The van der Waals surface area contributed by atoms with E-state index < -0.39 is 0 Å². The molecule has 1 atom stereocenters. The number of allylic oxidation sites excluding steroid dienone is 3. The predicted octanol–water partition coefficient (Wildman–Crippen LogP) is 3.40. The highest BCUT2D eigenvalue weighted by molar-refractivity contribution is 5.38. The number of ether oxygens (including phenoxy) is 2. The predicted molar refractivity (Wildman–Crippen MR) is 77.4 cm³/mol. The first kappa shape index (κ1) is 16.9. The summed E-state index contributed by atoms with van der Waals surface area (Å²) in [5.41, 5.74) is 3.34. The van der Waals surface area contributed by atoms with Crippen molar-refractivity contribution in [1.82, 2.24) is 5.32 Å². The molecule has 0 radical (unpaired) electrons. The van der Waals surface area contributed by atoms with Gasteiger partial charge in [-0.3, -0.25) is 0 Å². The summed E-state index contributed by atoms with van der Waals surface area (Å²) in [6.07, 6.45) is 5.01. The molecular formula is C15H27NO2. The zero-order valence-electron chi connectivity index (χ0n) is 12.4. The highest BCUT2D eigenvalue weighted by Crippen LogP contribution is 2.11. The van der Waals surface area contributed by atoms with E-state index in [9.17, 15) is 0 Å². The fraction of sp³-hybridized carbons (Fsp3) is 0.600. The lowest BCUT2D eigenvalue weighted by Gasteiger charge is -2.18. The third-order valence-corrected chi connectivity index (χ3v) is 2.72. The summed E-state index contributed by atoms with van der Waals surface area (Å²) < 4.78 is 10.6. The van der Waals surface area contributed by atoms with Gasteiger partial charge in [0.2, 0.25) is 0 Å². The molecule has 0 aliphatic heterocycles. The van der Waals surface area contributed by atoms with Crippen LogP contribution in [0.15, 0.2) is 35.6 Å². The van der Waals surface area contributed by atoms with Crippen LogP contribution in [0.1, 0.15) is 34.1 Å². The highest BCUT2D eigenvalue weighted by atomic mass is 16.7. The van der Waals surface area contributed by atoms with E-state index in [2.05, 4.69) is 37.9 Å². The van der Waals surface area contributed by atoms with Crippen molar-refractivity contribution < 1.29 is 9.47 Å². The molecule has 0 saturated carbocycles. The van der Waals surface area contributed by atoms with Gasteiger partial charge in [-0.15, -0.1) is 0 Å². The Morgan fingerprint density at radius 2 is 2.06 bits per heavy atom. The van der Waals surface area contributed by atoms with Gasteiger partial charge in [0.15, 0.2) is 6.29 Å². The van der Waals surface area contributed by atoms with Crippen LogP contribution in [0.2, 0.25) is 0 Å². The molecular weight excluding hydrogens is 226 g/mol. The van der Waals surface area contributed by atoms with Crippen LogP contribution in [-0.2, 0) is 9.47 Å². The zero-order valence-corrected chi connectivity index (χ0v) is 12.4. The fourth-order valence-corrected chi connectivity index (χ4v) is 1.42. The molecule has 0 aliphatic rings. The van der Waals surface area contributed by atoms with Crippen molar-refractivity contribution >= 4 is 0 Å². The van der Waals surface area contributed by atoms with E-state index in [1.54, 1.807) is 7.11 Å². The average molecular weight is 253 g/mol. The molecule has 1 unspecified atom stereocenters. The third kappa shape index (κ3) is 6.62. The van der Waals surface area contributed by atoms with Crippen LogP contribution in [0.4, 0.5) is 0 Å². The summed E-state index contributed by atoms with van der Waals surface area (Å²) in [7, 11) is 1.64. The van der Waals surface area contributed by atoms with E-state index in [1.165, 1.54) is 5.57 Å². The highest BCUT2D eigenvalue weighted by Gasteiger charge is 2.07. The van der Waals surface area contributed by atoms with Gasteiger partial charge in [-0.2, -0.15) is 0 Å². The Balaban J connectivity index is 4.38. The van der Waals surface area contributed by atoms with Gasteiger partial charge in [-0.25, -0.2) is 0 Å². The molecule has 18 heavy (non-hydrogen) atoms. The van der Waals surface area contributed by atoms with Crippen molar-refractivity contribution in [1.29, 1.82) is 0 Å². The maximum absolute atomic E-state index is 5.40. The lowest BCUT2D eigenvalue weighted by molar-refractivity contribution is -0.115. The van der Waals surface area contributed by atoms with E-state index in [4.69, 9.17) is 9.47 Å². The van der Waals surface area contributed by atoms with Crippen molar-refractivity contribution in [2.24, 2.45) is 0 Å². The van der Waals surface area contributed by atoms with Crippen LogP contribution < -0.4 is 5.32 Å². The SMILES string of the molecule is C=C(NCC(OC)OCC)C(/C=C(/C)CC)=C/C. The van der Waals surface area contributed by atoms with Crippen molar-refractivity contribution in [3.05, 3.63) is 35.6 Å². The Labute approximate surface area is 112 Å². The minimum absolute atomic E-state index is 0.235. The number of rotatable bonds is 9. The van der Waals surface area contributed by atoms with E-state index >= 15 is 0 Å². The van der Waals surface area contributed by atoms with Gasteiger partial charge in [0, 0.05) is 19.4 Å². The van der Waals surface area contributed by atoms with Crippen LogP contribution in [0.5, 0.6) is 0 Å². The molecule has 0 aromatic carbocycles. The van der Waals surface area contributed by atoms with Gasteiger partial charge in [0.25, 0.3) is 0 Å². The second kappa shape index (κ2) is 9.92. The molecule has 0 bridgehead atoms. The molecule has 0 saturated heterocycles. The van der Waals surface area contributed by atoms with Crippen LogP contribution in [0.3, 0.4) is 0 Å². The molecule has 3 heteroatoms. The third-order valence-electron chi connectivity index (χ3n) is 2.72. The Hall–Kier alpha value is -1.06. The Morgan fingerprint density at radius 3 is 2.50 bits per heavy atom. The minimum Gasteiger partial charge on any atom is -0.380 e. The van der Waals surface area contributed by atoms with Gasteiger partial charge < -0.3 is 14.8 Å². The molecule has 0 fully saturated rings. The summed E-state index contributed by atoms with van der Waals surface area (Å²) in [6.45, 7) is 13.5. The quantitative estimate of drug-likeness (QED) is 0.504. The molecule has 0 aromatic heterocycles. The molecule has 104 valence electrons. The van der Waals surface area contributed by atoms with E-state index in [-0.39, 0.29) is 6.29 Å². The first-order chi connectivity index (χ1) is 8.58. The van der Waals surface area contributed by atoms with E-state index in [1.807, 2.05) is 13.8 Å². The fourth-order valence-electron chi connectivity index (χ4n) is 1.42. The lowest BCUT2D eigenvalue weighted by Crippen LogP contribution is -2.30. The standard InChI is InChI=1S/C15H27NO2/c1-7-12(4)10-14(8-2)13(5)16-11-15(17-6)18-9-3/h8,10,15-16H,5,7,9,11H2,1-4,6H3/b12-10-,14-8+. The van der Waals surface area contributed by atoms with Crippen molar-refractivity contribution in [3.8, 4) is 0 Å². The van der Waals surface area contributed by atoms with Crippen molar-refractivity contribution in [2.45, 2.75) is 40.4 Å². The number of nitrogens with one attached hydrogen (secondary N) is 1. The van der Waals surface area contributed by atoms with Crippen molar-refractivity contribution in [2.75, 3.05) is 20.3 Å². The summed E-state index contributed by atoms with van der Waals surface area (Å²) >= 11 is 0. The van der Waals surface area contributed by atoms with E-state index in [0.29, 0.717) is 13.2 Å². The number of methoxy groups -OCH3 is 1. The van der Waals surface area contributed by atoms with Gasteiger partial charge in [-0.1, -0.05) is 31.2 Å². The molecule has 0 heterocycles. The second-order valence-electron chi connectivity index (χ2n) is 4.07. The molecule has 1 N–H and O–H groups in total. The van der Waals surface area contributed by atoms with Crippen LogP contribution in [-0.4, -0.2) is 26.6 Å². The van der Waals surface area contributed by atoms with Crippen LogP contribution in [0.25, 0.3) is 0 Å². The summed E-state index contributed by atoms with van der Waals surface area (Å²) in [4.78, 5) is 0. The largest absolute Gasteiger partial charge is 0.380 e. The molecule has 0 rings (SSSR count).